The minimum Gasteiger partial charge on any atom is -0.376 e. The van der Waals surface area contributed by atoms with E-state index in [9.17, 15) is 9.59 Å². The Morgan fingerprint density at radius 1 is 0.917 bits per heavy atom. The predicted octanol–water partition coefficient (Wildman–Crippen LogP) is 3.27. The third-order valence-electron chi connectivity index (χ3n) is 3.12. The molecule has 2 aromatic carbocycles. The maximum Gasteiger partial charge on any atom is 0.251 e. The van der Waals surface area contributed by atoms with Gasteiger partial charge in [0.15, 0.2) is 0 Å². The summed E-state index contributed by atoms with van der Waals surface area (Å²) in [6.07, 6.45) is 0. The second kappa shape index (κ2) is 7.64. The number of anilines is 2. The van der Waals surface area contributed by atoms with Crippen molar-refractivity contribution in [3.63, 3.8) is 0 Å². The summed E-state index contributed by atoms with van der Waals surface area (Å²) < 4.78 is 0. The van der Waals surface area contributed by atoms with Crippen LogP contribution in [0.5, 0.6) is 0 Å². The third-order valence-corrected chi connectivity index (χ3v) is 3.12. The molecule has 0 aromatic heterocycles. The van der Waals surface area contributed by atoms with E-state index in [0.29, 0.717) is 11.3 Å². The molecule has 5 heteroatoms. The van der Waals surface area contributed by atoms with Gasteiger partial charge in [0.2, 0.25) is 5.91 Å². The standard InChI is InChI=1S/C19H23N3O2/c1-19(2,3)22-18(24)14-8-7-11-16(12-14)21-17(23)13-20-15-9-5-4-6-10-15/h4-12,20H,13H2,1-3H3,(H,21,23)(H,22,24). The smallest absolute Gasteiger partial charge is 0.251 e. The van der Waals surface area contributed by atoms with Crippen molar-refractivity contribution in [1.82, 2.24) is 5.32 Å². The van der Waals surface area contributed by atoms with E-state index in [4.69, 9.17) is 0 Å². The number of amides is 2. The Labute approximate surface area is 142 Å². The summed E-state index contributed by atoms with van der Waals surface area (Å²) >= 11 is 0. The van der Waals surface area contributed by atoms with Crippen LogP contribution in [-0.2, 0) is 4.79 Å². The van der Waals surface area contributed by atoms with Gasteiger partial charge in [-0.15, -0.1) is 0 Å². The molecule has 5 nitrogen and oxygen atoms in total. The minimum atomic E-state index is -0.310. The Morgan fingerprint density at radius 2 is 1.58 bits per heavy atom. The van der Waals surface area contributed by atoms with Crippen molar-refractivity contribution in [3.05, 3.63) is 60.2 Å². The second-order valence-corrected chi connectivity index (χ2v) is 6.55. The van der Waals surface area contributed by atoms with Crippen LogP contribution in [0.1, 0.15) is 31.1 Å². The van der Waals surface area contributed by atoms with Crippen molar-refractivity contribution in [2.24, 2.45) is 0 Å². The van der Waals surface area contributed by atoms with Crippen LogP contribution in [0.15, 0.2) is 54.6 Å². The number of benzene rings is 2. The summed E-state index contributed by atoms with van der Waals surface area (Å²) in [7, 11) is 0. The van der Waals surface area contributed by atoms with Gasteiger partial charge in [-0.2, -0.15) is 0 Å². The molecular formula is C19H23N3O2. The molecular weight excluding hydrogens is 302 g/mol. The summed E-state index contributed by atoms with van der Waals surface area (Å²) in [5.41, 5.74) is 1.68. The Hall–Kier alpha value is -2.82. The number of rotatable bonds is 5. The molecule has 0 saturated carbocycles. The Balaban J connectivity index is 1.94. The SMILES string of the molecule is CC(C)(C)NC(=O)c1cccc(NC(=O)CNc2ccccc2)c1. The normalized spacial score (nSPS) is 10.8. The van der Waals surface area contributed by atoms with E-state index in [1.165, 1.54) is 0 Å². The van der Waals surface area contributed by atoms with Crippen LogP contribution in [0.2, 0.25) is 0 Å². The molecule has 2 amide bonds. The number of hydrogen-bond acceptors (Lipinski definition) is 3. The van der Waals surface area contributed by atoms with E-state index in [2.05, 4.69) is 16.0 Å². The summed E-state index contributed by atoms with van der Waals surface area (Å²) in [5.74, 6) is -0.340. The van der Waals surface area contributed by atoms with Gasteiger partial charge in [0, 0.05) is 22.5 Å². The highest BCUT2D eigenvalue weighted by molar-refractivity contribution is 5.98. The van der Waals surface area contributed by atoms with Gasteiger partial charge < -0.3 is 16.0 Å². The molecule has 0 aliphatic rings. The molecule has 0 fully saturated rings. The van der Waals surface area contributed by atoms with Crippen LogP contribution < -0.4 is 16.0 Å². The topological polar surface area (TPSA) is 70.2 Å². The zero-order valence-electron chi connectivity index (χ0n) is 14.2. The van der Waals surface area contributed by atoms with Crippen molar-refractivity contribution in [2.75, 3.05) is 17.2 Å². The molecule has 0 radical (unpaired) electrons. The maximum atomic E-state index is 12.2. The lowest BCUT2D eigenvalue weighted by Gasteiger charge is -2.20. The van der Waals surface area contributed by atoms with Gasteiger partial charge in [-0.3, -0.25) is 9.59 Å². The van der Waals surface area contributed by atoms with Crippen molar-refractivity contribution in [1.29, 1.82) is 0 Å². The average Bonchev–Trinajstić information content (AvgIpc) is 2.52. The van der Waals surface area contributed by atoms with Gasteiger partial charge in [-0.25, -0.2) is 0 Å². The van der Waals surface area contributed by atoms with E-state index in [1.807, 2.05) is 51.1 Å². The van der Waals surface area contributed by atoms with Crippen molar-refractivity contribution in [3.8, 4) is 0 Å². The number of carbonyl (C=O) groups is 2. The quantitative estimate of drug-likeness (QED) is 0.790. The molecule has 0 unspecified atom stereocenters. The summed E-state index contributed by atoms with van der Waals surface area (Å²) in [5, 5.41) is 8.73. The van der Waals surface area contributed by atoms with Crippen LogP contribution in [0.4, 0.5) is 11.4 Å². The minimum absolute atomic E-state index is 0.155. The first-order valence-electron chi connectivity index (χ1n) is 7.85. The van der Waals surface area contributed by atoms with Gasteiger partial charge in [0.1, 0.15) is 0 Å². The monoisotopic (exact) mass is 325 g/mol. The van der Waals surface area contributed by atoms with Crippen LogP contribution in [-0.4, -0.2) is 23.9 Å². The maximum absolute atomic E-state index is 12.2. The highest BCUT2D eigenvalue weighted by atomic mass is 16.2. The van der Waals surface area contributed by atoms with E-state index < -0.39 is 0 Å². The molecule has 0 bridgehead atoms. The first-order chi connectivity index (χ1) is 11.3. The molecule has 126 valence electrons. The summed E-state index contributed by atoms with van der Waals surface area (Å²) in [6.45, 7) is 5.92. The summed E-state index contributed by atoms with van der Waals surface area (Å²) in [6, 6.07) is 16.4. The Kier molecular flexibility index (Phi) is 5.58. The van der Waals surface area contributed by atoms with E-state index in [1.54, 1.807) is 24.3 Å². The fourth-order valence-corrected chi connectivity index (χ4v) is 2.09. The molecule has 2 rings (SSSR count). The van der Waals surface area contributed by atoms with Gasteiger partial charge in [-0.05, 0) is 51.1 Å². The largest absolute Gasteiger partial charge is 0.376 e. The fraction of sp³-hybridized carbons (Fsp3) is 0.263. The average molecular weight is 325 g/mol. The zero-order valence-corrected chi connectivity index (χ0v) is 14.2. The molecule has 0 saturated heterocycles. The lowest BCUT2D eigenvalue weighted by molar-refractivity contribution is -0.114. The van der Waals surface area contributed by atoms with Crippen molar-refractivity contribution >= 4 is 23.2 Å². The molecule has 0 atom stereocenters. The Bertz CT molecular complexity index is 706. The summed E-state index contributed by atoms with van der Waals surface area (Å²) in [4.78, 5) is 24.2. The van der Waals surface area contributed by atoms with Crippen LogP contribution in [0.25, 0.3) is 0 Å². The van der Waals surface area contributed by atoms with Gasteiger partial charge in [-0.1, -0.05) is 24.3 Å². The molecule has 0 aliphatic heterocycles. The zero-order chi connectivity index (χ0) is 17.6. The second-order valence-electron chi connectivity index (χ2n) is 6.55. The fourth-order valence-electron chi connectivity index (χ4n) is 2.09. The number of para-hydroxylation sites is 1. The molecule has 0 spiro atoms. The molecule has 24 heavy (non-hydrogen) atoms. The number of carbonyl (C=O) groups excluding carboxylic acids is 2. The number of nitrogens with one attached hydrogen (secondary N) is 3. The predicted molar refractivity (Wildman–Crippen MR) is 97.2 cm³/mol. The molecule has 0 aliphatic carbocycles. The Morgan fingerprint density at radius 3 is 2.25 bits per heavy atom. The van der Waals surface area contributed by atoms with Crippen LogP contribution in [0, 0.1) is 0 Å². The van der Waals surface area contributed by atoms with Gasteiger partial charge in [0.05, 0.1) is 6.54 Å². The first-order valence-corrected chi connectivity index (χ1v) is 7.85. The molecule has 2 aromatic rings. The first kappa shape index (κ1) is 17.5. The molecule has 3 N–H and O–H groups in total. The van der Waals surface area contributed by atoms with E-state index in [-0.39, 0.29) is 23.9 Å². The van der Waals surface area contributed by atoms with Crippen LogP contribution >= 0.6 is 0 Å². The van der Waals surface area contributed by atoms with Crippen molar-refractivity contribution < 1.29 is 9.59 Å². The lowest BCUT2D eigenvalue weighted by Crippen LogP contribution is -2.40. The molecule has 0 heterocycles. The van der Waals surface area contributed by atoms with E-state index in [0.717, 1.165) is 5.69 Å². The highest BCUT2D eigenvalue weighted by Gasteiger charge is 2.15. The number of hydrogen-bond donors (Lipinski definition) is 3. The highest BCUT2D eigenvalue weighted by Crippen LogP contribution is 2.12. The third kappa shape index (κ3) is 5.76. The van der Waals surface area contributed by atoms with Crippen LogP contribution in [0.3, 0.4) is 0 Å². The van der Waals surface area contributed by atoms with Gasteiger partial charge in [0.25, 0.3) is 5.91 Å². The van der Waals surface area contributed by atoms with E-state index >= 15 is 0 Å². The lowest BCUT2D eigenvalue weighted by atomic mass is 10.1. The van der Waals surface area contributed by atoms with Crippen molar-refractivity contribution in [2.45, 2.75) is 26.3 Å². The van der Waals surface area contributed by atoms with Gasteiger partial charge >= 0.3 is 0 Å².